The second-order valence-corrected chi connectivity index (χ2v) is 16.3. The molecule has 2 aromatic heterocycles. The highest BCUT2D eigenvalue weighted by Crippen LogP contribution is 2.48. The fourth-order valence-corrected chi connectivity index (χ4v) is 8.65. The number of anilines is 1. The fourth-order valence-electron chi connectivity index (χ4n) is 7.69. The van der Waals surface area contributed by atoms with Gasteiger partial charge in [-0.25, -0.2) is 29.5 Å². The predicted molar refractivity (Wildman–Crippen MR) is 203 cm³/mol. The van der Waals surface area contributed by atoms with Crippen LogP contribution in [0, 0.1) is 0 Å². The highest BCUT2D eigenvalue weighted by atomic mass is 31.2. The molecule has 20 unspecified atom stereocenters. The van der Waals surface area contributed by atoms with Crippen LogP contribution >= 0.6 is 7.82 Å². The average molecular weight is 911 g/mol. The Morgan fingerprint density at radius 1 is 0.903 bits per heavy atom. The van der Waals surface area contributed by atoms with Gasteiger partial charge in [-0.3, -0.25) is 18.4 Å². The molecular formula is C31H51N12O18P. The van der Waals surface area contributed by atoms with Crippen molar-refractivity contribution in [3.63, 3.8) is 0 Å². The highest BCUT2D eigenvalue weighted by Gasteiger charge is 2.61. The molecule has 3 saturated heterocycles. The van der Waals surface area contributed by atoms with Gasteiger partial charge in [0.15, 0.2) is 54.1 Å². The summed E-state index contributed by atoms with van der Waals surface area (Å²) in [6, 6.07) is -4.71. The van der Waals surface area contributed by atoms with Gasteiger partial charge in [0.05, 0.1) is 31.7 Å². The molecule has 4 aliphatic rings. The van der Waals surface area contributed by atoms with Crippen LogP contribution in [-0.4, -0.2) is 213 Å². The van der Waals surface area contributed by atoms with Crippen LogP contribution in [0.5, 0.6) is 0 Å². The third-order valence-electron chi connectivity index (χ3n) is 11.0. The number of phosphoric acid groups is 1. The minimum atomic E-state index is -5.31. The molecule has 62 heavy (non-hydrogen) atoms. The summed E-state index contributed by atoms with van der Waals surface area (Å²) in [7, 11) is -4.03. The molecule has 1 aliphatic carbocycles. The number of hydrogen-bond donors (Lipinski definition) is 15. The van der Waals surface area contributed by atoms with Crippen LogP contribution in [0.3, 0.4) is 0 Å². The van der Waals surface area contributed by atoms with Crippen molar-refractivity contribution in [3.05, 3.63) is 12.7 Å². The zero-order valence-corrected chi connectivity index (χ0v) is 33.6. The van der Waals surface area contributed by atoms with Crippen LogP contribution in [0.1, 0.15) is 13.2 Å². The van der Waals surface area contributed by atoms with Crippen LogP contribution in [0.2, 0.25) is 0 Å². The zero-order valence-electron chi connectivity index (χ0n) is 32.8. The second kappa shape index (κ2) is 18.7. The molecule has 348 valence electrons. The number of ether oxygens (including phenoxy) is 5. The third-order valence-corrected chi connectivity index (χ3v) is 11.9. The van der Waals surface area contributed by atoms with E-state index in [9.17, 15) is 55.1 Å². The first kappa shape index (κ1) is 47.6. The number of nitrogen functional groups attached to an aromatic ring is 1. The summed E-state index contributed by atoms with van der Waals surface area (Å²) in [4.78, 5) is 43.1. The smallest absolute Gasteiger partial charge is 0.394 e. The number of nitrogens with one attached hydrogen (secondary N) is 1. The zero-order chi connectivity index (χ0) is 45.6. The van der Waals surface area contributed by atoms with E-state index in [1.165, 1.54) is 24.9 Å². The molecule has 0 amide bonds. The third kappa shape index (κ3) is 9.06. The Morgan fingerprint density at radius 2 is 1.58 bits per heavy atom. The quantitative estimate of drug-likeness (QED) is 0.0341. The first-order valence-electron chi connectivity index (χ1n) is 18.8. The van der Waals surface area contributed by atoms with Crippen LogP contribution in [0.4, 0.5) is 5.82 Å². The second-order valence-electron chi connectivity index (χ2n) is 14.9. The largest absolute Gasteiger partial charge is 0.472 e. The van der Waals surface area contributed by atoms with E-state index in [4.69, 9.17) is 61.4 Å². The Balaban J connectivity index is 1.20. The molecule has 0 spiro atoms. The highest BCUT2D eigenvalue weighted by molar-refractivity contribution is 7.47. The van der Waals surface area contributed by atoms with Crippen molar-refractivity contribution in [1.82, 2.24) is 24.8 Å². The van der Waals surface area contributed by atoms with Crippen LogP contribution in [0.25, 0.3) is 11.2 Å². The van der Waals surface area contributed by atoms with Gasteiger partial charge in [-0.05, 0) is 14.0 Å². The monoisotopic (exact) mass is 910 g/mol. The van der Waals surface area contributed by atoms with E-state index in [1.54, 1.807) is 0 Å². The topological polar surface area (TPSA) is 491 Å². The Hall–Kier alpha value is -3.89. The number of nitrogens with zero attached hydrogens (tertiary/aromatic N) is 6. The molecule has 6 rings (SSSR count). The van der Waals surface area contributed by atoms with E-state index >= 15 is 0 Å². The van der Waals surface area contributed by atoms with Gasteiger partial charge in [-0.2, -0.15) is 0 Å². The summed E-state index contributed by atoms with van der Waals surface area (Å²) < 4.78 is 54.5. The maximum atomic E-state index is 13.5. The molecule has 4 fully saturated rings. The number of aliphatic hydroxyl groups excluding tert-OH is 7. The number of carbonyl (C=O) groups is 1. The van der Waals surface area contributed by atoms with Crippen molar-refractivity contribution >= 4 is 43.0 Å². The van der Waals surface area contributed by atoms with Gasteiger partial charge in [0.2, 0.25) is 0 Å². The summed E-state index contributed by atoms with van der Waals surface area (Å²) in [6.45, 7) is -0.578. The lowest BCUT2D eigenvalue weighted by Crippen LogP contribution is -2.67. The van der Waals surface area contributed by atoms with Crippen LogP contribution in [-0.2, 0) is 42.1 Å². The van der Waals surface area contributed by atoms with E-state index < -0.39 is 149 Å². The number of fused-ring (bicyclic) bond motifs is 1. The molecule has 1 saturated carbocycles. The molecule has 20 N–H and O–H groups in total. The number of likely N-dealkylation sites (N-methyl/N-ethyl adjacent to an activating group) is 1. The Labute approximate surface area is 349 Å². The fraction of sp³-hybridized carbons (Fsp3) is 0.742. The van der Waals surface area contributed by atoms with Gasteiger partial charge in [0.25, 0.3) is 0 Å². The summed E-state index contributed by atoms with van der Waals surface area (Å²) in [6.07, 6.45) is -23.7. The van der Waals surface area contributed by atoms with Crippen LogP contribution < -0.4 is 34.0 Å². The van der Waals surface area contributed by atoms with Gasteiger partial charge < -0.3 is 103 Å². The lowest BCUT2D eigenvalue weighted by Gasteiger charge is -2.46. The number of phosphoric ester groups is 1. The summed E-state index contributed by atoms with van der Waals surface area (Å²) in [5.74, 6) is -1.14. The first-order valence-corrected chi connectivity index (χ1v) is 20.3. The maximum absolute atomic E-state index is 13.5. The number of guanidine groups is 2. The first-order chi connectivity index (χ1) is 29.2. The number of hydrogen-bond acceptors (Lipinski definition) is 24. The lowest BCUT2D eigenvalue weighted by atomic mass is 9.81. The summed E-state index contributed by atoms with van der Waals surface area (Å²) >= 11 is 0. The molecule has 0 aromatic carbocycles. The maximum Gasteiger partial charge on any atom is 0.472 e. The van der Waals surface area contributed by atoms with Crippen LogP contribution in [0.15, 0.2) is 22.6 Å². The average Bonchev–Trinajstić information content (AvgIpc) is 3.85. The van der Waals surface area contributed by atoms with E-state index in [1.807, 2.05) is 0 Å². The normalized spacial score (nSPS) is 42.0. The number of imidazole rings is 1. The SMILES string of the molecule is CNC1C(OC2C(OC3C(O)C(O)C(N=C(N)N)C(O)C3N=C(N)N)OC(C)C2(O)C=O)OC(CO)C(O)C1OP(=O)(O)OCC1OC(n2cnc3c(N)ncnc32)C(O)C1O. The molecule has 31 heteroatoms. The van der Waals surface area contributed by atoms with Gasteiger partial charge >= 0.3 is 7.82 Å². The van der Waals surface area contributed by atoms with Crippen molar-refractivity contribution in [2.75, 3.05) is 26.0 Å². The number of nitrogens with two attached hydrogens (primary N) is 5. The van der Waals surface area contributed by atoms with Crippen molar-refractivity contribution in [1.29, 1.82) is 0 Å². The predicted octanol–water partition coefficient (Wildman–Crippen LogP) is -8.98. The Morgan fingerprint density at radius 3 is 2.21 bits per heavy atom. The number of carbonyl (C=O) groups excluding carboxylic acids is 1. The molecule has 2 aromatic rings. The Bertz CT molecular complexity index is 2000. The standard InChI is InChI=1S/C31H51N12O18P/c1-8-31(52,5-45)23(28(56-8)59-21-12(42-30(35)36)17(48)11(41-29(33)34)18(49)19(21)50)60-27-13(37-2)22(16(47)9(3-44)58-27)61-62(53,54)55-4-10-15(46)20(51)26(57-10)43-7-40-14-24(32)38-6-39-25(14)43/h5-13,15-23,26-28,37,44,46-52H,3-4H2,1-2H3,(H,53,54)(H2,32,38,39)(H4,33,34,41)(H4,35,36,42). The van der Waals surface area contributed by atoms with Crippen molar-refractivity contribution in [2.24, 2.45) is 32.9 Å². The van der Waals surface area contributed by atoms with Gasteiger partial charge in [-0.1, -0.05) is 0 Å². The molecule has 5 heterocycles. The molecule has 0 bridgehead atoms. The number of aliphatic hydroxyl groups is 8. The minimum absolute atomic E-state index is 0.0306. The summed E-state index contributed by atoms with van der Waals surface area (Å²) in [5.41, 5.74) is 25.6. The number of rotatable bonds is 15. The summed E-state index contributed by atoms with van der Waals surface area (Å²) in [5, 5.41) is 90.3. The van der Waals surface area contributed by atoms with Crippen molar-refractivity contribution in [3.8, 4) is 0 Å². The number of aliphatic imine (C=N–C) groups is 2. The van der Waals surface area contributed by atoms with E-state index in [-0.39, 0.29) is 23.3 Å². The molecule has 0 radical (unpaired) electrons. The molecule has 3 aliphatic heterocycles. The van der Waals surface area contributed by atoms with Gasteiger partial charge in [0.1, 0.15) is 91.1 Å². The van der Waals surface area contributed by atoms with Crippen molar-refractivity contribution < 1.29 is 87.8 Å². The van der Waals surface area contributed by atoms with Crippen molar-refractivity contribution in [2.45, 2.75) is 123 Å². The van der Waals surface area contributed by atoms with E-state index in [0.717, 1.165) is 6.33 Å². The lowest BCUT2D eigenvalue weighted by molar-refractivity contribution is -0.313. The molecular weight excluding hydrogens is 859 g/mol. The molecule has 30 nitrogen and oxygen atoms in total. The van der Waals surface area contributed by atoms with Gasteiger partial charge in [0, 0.05) is 0 Å². The number of aromatic nitrogens is 4. The Kier molecular flexibility index (Phi) is 14.3. The molecule has 20 atom stereocenters. The van der Waals surface area contributed by atoms with E-state index in [2.05, 4.69) is 30.3 Å². The van der Waals surface area contributed by atoms with E-state index in [0.29, 0.717) is 0 Å². The number of aldehydes is 1. The minimum Gasteiger partial charge on any atom is -0.394 e. The van der Waals surface area contributed by atoms with Gasteiger partial charge in [-0.15, -0.1) is 0 Å².